The zero-order valence-corrected chi connectivity index (χ0v) is 29.7. The first-order valence-corrected chi connectivity index (χ1v) is 18.5. The molecular formula is C40H47N5O8. The molecular weight excluding hydrogens is 678 g/mol. The van der Waals surface area contributed by atoms with Gasteiger partial charge >= 0.3 is 12.2 Å². The number of ether oxygens (including phenoxy) is 2. The number of amides is 4. The van der Waals surface area contributed by atoms with E-state index >= 15 is 0 Å². The summed E-state index contributed by atoms with van der Waals surface area (Å²) in [6, 6.07) is 24.6. The maximum absolute atomic E-state index is 14.5. The highest BCUT2D eigenvalue weighted by molar-refractivity contribution is 6.01. The van der Waals surface area contributed by atoms with E-state index in [0.717, 1.165) is 23.2 Å². The maximum atomic E-state index is 14.5. The summed E-state index contributed by atoms with van der Waals surface area (Å²) in [6.07, 6.45) is 1.05. The molecule has 4 N–H and O–H groups in total. The average molecular weight is 726 g/mol. The number of carbonyl (C=O) groups excluding carboxylic acids is 2. The second-order valence-electron chi connectivity index (χ2n) is 14.5. The van der Waals surface area contributed by atoms with Crippen LogP contribution in [0.4, 0.5) is 26.7 Å². The molecule has 4 saturated heterocycles. The number of likely N-dealkylation sites (tertiary alicyclic amines) is 2. The number of para-hydroxylation sites is 1. The van der Waals surface area contributed by atoms with E-state index in [9.17, 15) is 29.4 Å². The SMILES string of the molecule is O=C(Nc1ccc(CN(Cc2ccc(NC(=O)[C@@]3([C@@H]4CCOC4)C([C@@H]4CCOC4)CCN3C(=O)O)cc2)c2ccccc2)cc1)[C@@H]1CCCN1C(=O)O. The number of hydrogen-bond donors (Lipinski definition) is 4. The van der Waals surface area contributed by atoms with E-state index in [1.54, 1.807) is 0 Å². The maximum Gasteiger partial charge on any atom is 0.408 e. The normalized spacial score (nSPS) is 25.4. The van der Waals surface area contributed by atoms with Gasteiger partial charge in [0.15, 0.2) is 0 Å². The molecule has 0 bridgehead atoms. The van der Waals surface area contributed by atoms with Crippen molar-refractivity contribution in [3.05, 3.63) is 90.0 Å². The van der Waals surface area contributed by atoms with Crippen LogP contribution in [-0.2, 0) is 32.2 Å². The lowest BCUT2D eigenvalue weighted by Crippen LogP contribution is -2.64. The molecule has 4 aliphatic heterocycles. The molecule has 13 nitrogen and oxygen atoms in total. The summed E-state index contributed by atoms with van der Waals surface area (Å²) in [5.74, 6) is -0.923. The van der Waals surface area contributed by atoms with E-state index in [4.69, 9.17) is 9.47 Å². The molecule has 53 heavy (non-hydrogen) atoms. The van der Waals surface area contributed by atoms with E-state index in [2.05, 4.69) is 15.5 Å². The summed E-state index contributed by atoms with van der Waals surface area (Å²) >= 11 is 0. The van der Waals surface area contributed by atoms with Crippen molar-refractivity contribution in [1.29, 1.82) is 0 Å². The predicted molar refractivity (Wildman–Crippen MR) is 198 cm³/mol. The largest absolute Gasteiger partial charge is 0.465 e. The topological polar surface area (TPSA) is 161 Å². The van der Waals surface area contributed by atoms with Gasteiger partial charge in [-0.3, -0.25) is 19.4 Å². The number of carbonyl (C=O) groups is 4. The summed E-state index contributed by atoms with van der Waals surface area (Å²) < 4.78 is 11.5. The fraction of sp³-hybridized carbons (Fsp3) is 0.450. The molecule has 0 aromatic heterocycles. The van der Waals surface area contributed by atoms with Gasteiger partial charge in [-0.1, -0.05) is 42.5 Å². The van der Waals surface area contributed by atoms with Crippen LogP contribution in [0.25, 0.3) is 0 Å². The number of carboxylic acid groups (broad SMARTS) is 2. The first-order valence-electron chi connectivity index (χ1n) is 18.5. The molecule has 0 radical (unpaired) electrons. The third-order valence-corrected chi connectivity index (χ3v) is 11.5. The number of benzene rings is 3. The van der Waals surface area contributed by atoms with Crippen LogP contribution in [-0.4, -0.2) is 95.1 Å². The van der Waals surface area contributed by atoms with E-state index in [-0.39, 0.29) is 29.6 Å². The van der Waals surface area contributed by atoms with Crippen molar-refractivity contribution in [2.75, 3.05) is 55.1 Å². The molecule has 1 unspecified atom stereocenters. The minimum atomic E-state index is -1.24. The summed E-state index contributed by atoms with van der Waals surface area (Å²) in [5.41, 5.74) is 3.03. The van der Waals surface area contributed by atoms with Gasteiger partial charge in [0.2, 0.25) is 5.91 Å². The molecule has 280 valence electrons. The minimum absolute atomic E-state index is 0.105. The number of rotatable bonds is 11. The molecule has 4 fully saturated rings. The van der Waals surface area contributed by atoms with Crippen molar-refractivity contribution in [3.8, 4) is 0 Å². The Morgan fingerprint density at radius 1 is 0.736 bits per heavy atom. The Kier molecular flexibility index (Phi) is 10.8. The number of hydrogen-bond acceptors (Lipinski definition) is 7. The van der Waals surface area contributed by atoms with Crippen molar-refractivity contribution in [2.24, 2.45) is 17.8 Å². The predicted octanol–water partition coefficient (Wildman–Crippen LogP) is 5.72. The molecule has 7 rings (SSSR count). The lowest BCUT2D eigenvalue weighted by Gasteiger charge is -2.45. The van der Waals surface area contributed by atoms with E-state index in [1.165, 1.54) is 9.80 Å². The van der Waals surface area contributed by atoms with E-state index in [0.29, 0.717) is 89.7 Å². The third kappa shape index (κ3) is 7.54. The zero-order valence-electron chi connectivity index (χ0n) is 29.7. The van der Waals surface area contributed by atoms with Gasteiger partial charge in [-0.25, -0.2) is 9.59 Å². The Morgan fingerprint density at radius 2 is 1.38 bits per heavy atom. The highest BCUT2D eigenvalue weighted by atomic mass is 16.5. The quantitative estimate of drug-likeness (QED) is 0.194. The van der Waals surface area contributed by atoms with Crippen LogP contribution in [0.15, 0.2) is 78.9 Å². The molecule has 4 aliphatic rings. The first-order chi connectivity index (χ1) is 25.7. The van der Waals surface area contributed by atoms with Crippen LogP contribution in [0.5, 0.6) is 0 Å². The second kappa shape index (κ2) is 15.8. The fourth-order valence-corrected chi connectivity index (χ4v) is 8.90. The fourth-order valence-electron chi connectivity index (χ4n) is 8.90. The van der Waals surface area contributed by atoms with Crippen LogP contribution in [0.3, 0.4) is 0 Å². The molecule has 4 heterocycles. The van der Waals surface area contributed by atoms with Crippen molar-refractivity contribution in [2.45, 2.75) is 56.8 Å². The van der Waals surface area contributed by atoms with Crippen molar-refractivity contribution >= 4 is 41.1 Å². The molecule has 0 aliphatic carbocycles. The Bertz CT molecular complexity index is 1760. The molecule has 4 amide bonds. The number of anilines is 3. The van der Waals surface area contributed by atoms with E-state index in [1.807, 2.05) is 78.9 Å². The molecule has 5 atom stereocenters. The molecule has 0 spiro atoms. The van der Waals surface area contributed by atoms with Crippen molar-refractivity contribution in [1.82, 2.24) is 9.80 Å². The average Bonchev–Trinajstić information content (AvgIpc) is 3.99. The summed E-state index contributed by atoms with van der Waals surface area (Å²) in [7, 11) is 0. The summed E-state index contributed by atoms with van der Waals surface area (Å²) in [6.45, 7) is 3.81. The number of nitrogens with zero attached hydrogens (tertiary/aromatic N) is 3. The van der Waals surface area contributed by atoms with Crippen molar-refractivity contribution < 1.29 is 38.9 Å². The molecule has 3 aromatic rings. The monoisotopic (exact) mass is 725 g/mol. The van der Waals surface area contributed by atoms with Crippen LogP contribution >= 0.6 is 0 Å². The Hall–Kier alpha value is -5.14. The first kappa shape index (κ1) is 36.2. The number of nitrogens with one attached hydrogen (secondary N) is 2. The zero-order chi connectivity index (χ0) is 37.0. The van der Waals surface area contributed by atoms with E-state index < -0.39 is 23.8 Å². The summed E-state index contributed by atoms with van der Waals surface area (Å²) in [4.78, 5) is 56.3. The van der Waals surface area contributed by atoms with Gasteiger partial charge in [-0.15, -0.1) is 0 Å². The minimum Gasteiger partial charge on any atom is -0.465 e. The summed E-state index contributed by atoms with van der Waals surface area (Å²) in [5, 5.41) is 25.8. The Morgan fingerprint density at radius 3 is 1.96 bits per heavy atom. The van der Waals surface area contributed by atoms with Crippen molar-refractivity contribution in [3.63, 3.8) is 0 Å². The van der Waals surface area contributed by atoms with Crippen LogP contribution < -0.4 is 15.5 Å². The van der Waals surface area contributed by atoms with Crippen LogP contribution in [0.1, 0.15) is 43.2 Å². The standard InChI is InChI=1S/C40H47N5O8/c46-36(35-7-4-19-44(35)38(48)49)41-31-12-8-27(9-13-31)23-43(33-5-2-1-3-6-33)24-28-10-14-32(15-11-28)42-37(47)40(30-18-22-53-26-30)34(29-17-21-52-25-29)16-20-45(40)39(50)51/h1-3,5-6,8-15,29-30,34-35H,4,7,16-26H2,(H,41,46)(H,42,47)(H,48,49)(H,50,51)/t29-,30-,34?,35+,40-/m1/s1. The Balaban J connectivity index is 1.05. The van der Waals surface area contributed by atoms with Gasteiger partial charge in [0.25, 0.3) is 5.91 Å². The highest BCUT2D eigenvalue weighted by Crippen LogP contribution is 2.49. The highest BCUT2D eigenvalue weighted by Gasteiger charge is 2.63. The van der Waals surface area contributed by atoms with Crippen LogP contribution in [0, 0.1) is 17.8 Å². The van der Waals surface area contributed by atoms with Gasteiger partial charge in [-0.2, -0.15) is 0 Å². The second-order valence-corrected chi connectivity index (χ2v) is 14.5. The molecule has 13 heteroatoms. The lowest BCUT2D eigenvalue weighted by atomic mass is 9.67. The van der Waals surface area contributed by atoms with Gasteiger partial charge in [0, 0.05) is 69.0 Å². The van der Waals surface area contributed by atoms with Gasteiger partial charge < -0.3 is 35.2 Å². The third-order valence-electron chi connectivity index (χ3n) is 11.5. The van der Waals surface area contributed by atoms with Gasteiger partial charge in [0.05, 0.1) is 6.61 Å². The smallest absolute Gasteiger partial charge is 0.408 e. The molecule has 0 saturated carbocycles. The van der Waals surface area contributed by atoms with Gasteiger partial charge in [0.1, 0.15) is 11.6 Å². The Labute approximate surface area is 308 Å². The lowest BCUT2D eigenvalue weighted by molar-refractivity contribution is -0.133. The van der Waals surface area contributed by atoms with Gasteiger partial charge in [-0.05, 0) is 91.5 Å². The van der Waals surface area contributed by atoms with Crippen LogP contribution in [0.2, 0.25) is 0 Å². The molecule has 3 aromatic carbocycles.